The second-order valence-electron chi connectivity index (χ2n) is 4.68. The van der Waals surface area contributed by atoms with Crippen molar-refractivity contribution in [1.82, 2.24) is 5.32 Å². The molecule has 2 rings (SSSR count). The zero-order chi connectivity index (χ0) is 16.1. The normalized spacial score (nSPS) is 11.8. The lowest BCUT2D eigenvalue weighted by atomic mass is 10.1. The molecule has 6 heteroatoms. The summed E-state index contributed by atoms with van der Waals surface area (Å²) in [5.41, 5.74) is 0.914. The van der Waals surface area contributed by atoms with Gasteiger partial charge >= 0.3 is 0 Å². The number of amides is 1. The molecule has 0 spiro atoms. The first-order chi connectivity index (χ1) is 10.5. The molecule has 116 valence electrons. The Morgan fingerprint density at radius 2 is 1.77 bits per heavy atom. The van der Waals surface area contributed by atoms with E-state index in [2.05, 4.69) is 5.32 Å². The lowest BCUT2D eigenvalue weighted by Crippen LogP contribution is -2.31. The first kappa shape index (κ1) is 16.9. The maximum atomic E-state index is 12.0. The maximum Gasteiger partial charge on any atom is 0.258 e. The number of para-hydroxylation sites is 1. The maximum absolute atomic E-state index is 12.0. The SMILES string of the molecule is C[C@H](NC(=O)COc1c(Cl)cccc1Cl)c1cccc(Cl)c1. The smallest absolute Gasteiger partial charge is 0.258 e. The zero-order valence-corrected chi connectivity index (χ0v) is 14.0. The molecule has 1 N–H and O–H groups in total. The molecule has 0 heterocycles. The minimum Gasteiger partial charge on any atom is -0.481 e. The second-order valence-corrected chi connectivity index (χ2v) is 5.93. The number of nitrogens with one attached hydrogen (secondary N) is 1. The summed E-state index contributed by atoms with van der Waals surface area (Å²) >= 11 is 17.9. The molecule has 2 aromatic carbocycles. The molecule has 0 aliphatic rings. The van der Waals surface area contributed by atoms with Crippen LogP contribution in [0.25, 0.3) is 0 Å². The van der Waals surface area contributed by atoms with Crippen molar-refractivity contribution in [1.29, 1.82) is 0 Å². The molecule has 0 radical (unpaired) electrons. The highest BCUT2D eigenvalue weighted by Crippen LogP contribution is 2.32. The molecule has 2 aromatic rings. The first-order valence-corrected chi connectivity index (χ1v) is 7.72. The van der Waals surface area contributed by atoms with E-state index in [1.165, 1.54) is 0 Å². The van der Waals surface area contributed by atoms with Gasteiger partial charge in [-0.2, -0.15) is 0 Å². The Balaban J connectivity index is 1.93. The van der Waals surface area contributed by atoms with Gasteiger partial charge in [0.2, 0.25) is 0 Å². The number of halogens is 3. The molecule has 0 unspecified atom stereocenters. The van der Waals surface area contributed by atoms with E-state index in [4.69, 9.17) is 39.5 Å². The van der Waals surface area contributed by atoms with E-state index in [0.29, 0.717) is 20.8 Å². The largest absolute Gasteiger partial charge is 0.481 e. The van der Waals surface area contributed by atoms with Gasteiger partial charge in [-0.25, -0.2) is 0 Å². The molecule has 0 bridgehead atoms. The van der Waals surface area contributed by atoms with Gasteiger partial charge in [0.15, 0.2) is 12.4 Å². The summed E-state index contributed by atoms with van der Waals surface area (Å²) in [6, 6.07) is 12.1. The van der Waals surface area contributed by atoms with Crippen LogP contribution in [0.15, 0.2) is 42.5 Å². The van der Waals surface area contributed by atoms with E-state index in [0.717, 1.165) is 5.56 Å². The topological polar surface area (TPSA) is 38.3 Å². The van der Waals surface area contributed by atoms with Crippen molar-refractivity contribution in [3.8, 4) is 5.75 Å². The Bertz CT molecular complexity index is 656. The molecule has 0 fully saturated rings. The number of carbonyl (C=O) groups excluding carboxylic acids is 1. The van der Waals surface area contributed by atoms with Crippen LogP contribution in [0, 0.1) is 0 Å². The average molecular weight is 359 g/mol. The Kier molecular flexibility index (Phi) is 5.95. The monoisotopic (exact) mass is 357 g/mol. The third-order valence-corrected chi connectivity index (χ3v) is 3.82. The van der Waals surface area contributed by atoms with E-state index >= 15 is 0 Å². The molecule has 22 heavy (non-hydrogen) atoms. The summed E-state index contributed by atoms with van der Waals surface area (Å²) < 4.78 is 5.39. The van der Waals surface area contributed by atoms with Gasteiger partial charge in [0, 0.05) is 5.02 Å². The fourth-order valence-corrected chi connectivity index (χ4v) is 2.61. The Morgan fingerprint density at radius 3 is 2.41 bits per heavy atom. The van der Waals surface area contributed by atoms with E-state index in [1.807, 2.05) is 19.1 Å². The van der Waals surface area contributed by atoms with Gasteiger partial charge in [-0.05, 0) is 36.8 Å². The van der Waals surface area contributed by atoms with Gasteiger partial charge in [0.1, 0.15) is 0 Å². The van der Waals surface area contributed by atoms with Gasteiger partial charge in [-0.1, -0.05) is 53.0 Å². The van der Waals surface area contributed by atoms with E-state index < -0.39 is 0 Å². The molecule has 0 aromatic heterocycles. The lowest BCUT2D eigenvalue weighted by molar-refractivity contribution is -0.123. The summed E-state index contributed by atoms with van der Waals surface area (Å²) in [7, 11) is 0. The van der Waals surface area contributed by atoms with Gasteiger partial charge in [0.05, 0.1) is 16.1 Å². The van der Waals surface area contributed by atoms with Crippen LogP contribution in [-0.2, 0) is 4.79 Å². The van der Waals surface area contributed by atoms with E-state index in [1.54, 1.807) is 30.3 Å². The van der Waals surface area contributed by atoms with Crippen molar-refractivity contribution >= 4 is 40.7 Å². The molecule has 0 aliphatic heterocycles. The summed E-state index contributed by atoms with van der Waals surface area (Å²) in [6.07, 6.45) is 0. The van der Waals surface area contributed by atoms with Crippen LogP contribution in [-0.4, -0.2) is 12.5 Å². The van der Waals surface area contributed by atoms with Crippen molar-refractivity contribution in [2.24, 2.45) is 0 Å². The summed E-state index contributed by atoms with van der Waals surface area (Å²) in [6.45, 7) is 1.69. The predicted molar refractivity (Wildman–Crippen MR) is 90.0 cm³/mol. The quantitative estimate of drug-likeness (QED) is 0.825. The van der Waals surface area contributed by atoms with E-state index in [-0.39, 0.29) is 18.6 Å². The lowest BCUT2D eigenvalue weighted by Gasteiger charge is -2.15. The van der Waals surface area contributed by atoms with Crippen molar-refractivity contribution < 1.29 is 9.53 Å². The fraction of sp³-hybridized carbons (Fsp3) is 0.188. The Morgan fingerprint density at radius 1 is 1.14 bits per heavy atom. The van der Waals surface area contributed by atoms with Crippen molar-refractivity contribution in [3.05, 3.63) is 63.1 Å². The number of carbonyl (C=O) groups is 1. The summed E-state index contributed by atoms with van der Waals surface area (Å²) in [5, 5.41) is 4.17. The predicted octanol–water partition coefficient (Wildman–Crippen LogP) is 4.90. The minimum absolute atomic E-state index is 0.172. The molecule has 0 saturated heterocycles. The minimum atomic E-state index is -0.275. The zero-order valence-electron chi connectivity index (χ0n) is 11.8. The number of hydrogen-bond donors (Lipinski definition) is 1. The number of rotatable bonds is 5. The number of ether oxygens (including phenoxy) is 1. The van der Waals surface area contributed by atoms with E-state index in [9.17, 15) is 4.79 Å². The molecule has 0 saturated carbocycles. The van der Waals surface area contributed by atoms with Gasteiger partial charge in [0.25, 0.3) is 5.91 Å². The van der Waals surface area contributed by atoms with Crippen LogP contribution in [0.2, 0.25) is 15.1 Å². The average Bonchev–Trinajstić information content (AvgIpc) is 2.46. The summed E-state index contributed by atoms with van der Waals surface area (Å²) in [5.74, 6) is 0.0276. The third-order valence-electron chi connectivity index (χ3n) is 2.99. The molecule has 1 amide bonds. The van der Waals surface area contributed by atoms with Crippen LogP contribution in [0.5, 0.6) is 5.75 Å². The van der Waals surface area contributed by atoms with Crippen LogP contribution in [0.3, 0.4) is 0 Å². The van der Waals surface area contributed by atoms with Crippen molar-refractivity contribution in [3.63, 3.8) is 0 Å². The highest BCUT2D eigenvalue weighted by Gasteiger charge is 2.12. The highest BCUT2D eigenvalue weighted by atomic mass is 35.5. The van der Waals surface area contributed by atoms with Crippen LogP contribution in [0.4, 0.5) is 0 Å². The Labute approximate surface area is 144 Å². The standard InChI is InChI=1S/C16H14Cl3NO2/c1-10(11-4-2-5-12(17)8-11)20-15(21)9-22-16-13(18)6-3-7-14(16)19/h2-8,10H,9H2,1H3,(H,20,21)/t10-/m0/s1. The van der Waals surface area contributed by atoms with Crippen LogP contribution < -0.4 is 10.1 Å². The highest BCUT2D eigenvalue weighted by molar-refractivity contribution is 6.37. The van der Waals surface area contributed by atoms with Crippen LogP contribution in [0.1, 0.15) is 18.5 Å². The molecule has 3 nitrogen and oxygen atoms in total. The van der Waals surface area contributed by atoms with Crippen molar-refractivity contribution in [2.45, 2.75) is 13.0 Å². The van der Waals surface area contributed by atoms with Gasteiger partial charge in [-0.15, -0.1) is 0 Å². The molecule has 1 atom stereocenters. The van der Waals surface area contributed by atoms with Gasteiger partial charge in [-0.3, -0.25) is 4.79 Å². The molecule has 0 aliphatic carbocycles. The number of benzene rings is 2. The molecular formula is C16H14Cl3NO2. The third kappa shape index (κ3) is 4.54. The summed E-state index contributed by atoms with van der Waals surface area (Å²) in [4.78, 5) is 12.0. The second kappa shape index (κ2) is 7.73. The number of hydrogen-bond acceptors (Lipinski definition) is 2. The first-order valence-electron chi connectivity index (χ1n) is 6.59. The van der Waals surface area contributed by atoms with Gasteiger partial charge < -0.3 is 10.1 Å². The molecular weight excluding hydrogens is 345 g/mol. The Hall–Kier alpha value is -1.42. The van der Waals surface area contributed by atoms with Crippen molar-refractivity contribution in [2.75, 3.05) is 6.61 Å². The van der Waals surface area contributed by atoms with Crippen LogP contribution >= 0.6 is 34.8 Å². The fourth-order valence-electron chi connectivity index (χ4n) is 1.90.